The zero-order chi connectivity index (χ0) is 16.2. The van der Waals surface area contributed by atoms with Gasteiger partial charge in [0.05, 0.1) is 24.1 Å². The number of aromatic nitrogens is 6. The number of hydrogen-bond acceptors (Lipinski definition) is 5. The highest BCUT2D eigenvalue weighted by atomic mass is 16.1. The van der Waals surface area contributed by atoms with Gasteiger partial charge in [0, 0.05) is 5.56 Å². The minimum Gasteiger partial charge on any atom is -0.342 e. The molecular weight excluding hydrogens is 294 g/mol. The minimum absolute atomic E-state index is 0.163. The smallest absolute Gasteiger partial charge is 0.251 e. The number of carbonyl (C=O) groups excluding carboxylic acids is 1. The van der Waals surface area contributed by atoms with Gasteiger partial charge in [0.15, 0.2) is 5.82 Å². The van der Waals surface area contributed by atoms with Gasteiger partial charge < -0.3 is 5.32 Å². The number of amides is 1. The van der Waals surface area contributed by atoms with Gasteiger partial charge in [0.2, 0.25) is 0 Å². The molecule has 0 aliphatic heterocycles. The summed E-state index contributed by atoms with van der Waals surface area (Å²) in [4.78, 5) is 16.7. The lowest BCUT2D eigenvalue weighted by Gasteiger charge is -2.13. The van der Waals surface area contributed by atoms with Crippen LogP contribution in [0.1, 0.15) is 41.4 Å². The quantitative estimate of drug-likeness (QED) is 0.745. The topological polar surface area (TPSA) is 101 Å². The van der Waals surface area contributed by atoms with Crippen molar-refractivity contribution in [3.05, 3.63) is 53.9 Å². The lowest BCUT2D eigenvalue weighted by molar-refractivity contribution is 0.0934. The molecule has 0 saturated heterocycles. The van der Waals surface area contributed by atoms with E-state index >= 15 is 0 Å². The molecular formula is C15H17N7O. The molecule has 0 saturated carbocycles. The molecule has 1 amide bonds. The molecule has 0 unspecified atom stereocenters. The summed E-state index contributed by atoms with van der Waals surface area (Å²) in [7, 11) is 0. The first-order valence-corrected chi connectivity index (χ1v) is 7.34. The van der Waals surface area contributed by atoms with Crippen molar-refractivity contribution in [1.82, 2.24) is 35.5 Å². The molecule has 8 nitrogen and oxygen atoms in total. The summed E-state index contributed by atoms with van der Waals surface area (Å²) < 4.78 is 1.63. The highest BCUT2D eigenvalue weighted by Crippen LogP contribution is 2.14. The Kier molecular flexibility index (Phi) is 4.13. The Hall–Kier alpha value is -3.03. The SMILES string of the molecule is CC[C@@H](NC(=O)c1ccc(-n2ccnn2)cc1)c1n[nH]c(C)n1. The highest BCUT2D eigenvalue weighted by molar-refractivity contribution is 5.94. The molecule has 0 fully saturated rings. The van der Waals surface area contributed by atoms with Crippen LogP contribution < -0.4 is 5.32 Å². The van der Waals surface area contributed by atoms with Gasteiger partial charge in [0.25, 0.3) is 5.91 Å². The van der Waals surface area contributed by atoms with Crippen molar-refractivity contribution in [2.75, 3.05) is 0 Å². The molecule has 3 aromatic rings. The number of benzene rings is 1. The van der Waals surface area contributed by atoms with Gasteiger partial charge >= 0.3 is 0 Å². The van der Waals surface area contributed by atoms with E-state index in [9.17, 15) is 4.79 Å². The van der Waals surface area contributed by atoms with Gasteiger partial charge in [-0.25, -0.2) is 9.67 Å². The molecule has 2 heterocycles. The third-order valence-electron chi connectivity index (χ3n) is 3.46. The maximum absolute atomic E-state index is 12.4. The minimum atomic E-state index is -0.220. The number of carbonyl (C=O) groups is 1. The third kappa shape index (κ3) is 3.25. The molecule has 0 radical (unpaired) electrons. The number of nitrogens with zero attached hydrogens (tertiary/aromatic N) is 5. The van der Waals surface area contributed by atoms with Crippen molar-refractivity contribution in [3.63, 3.8) is 0 Å². The summed E-state index contributed by atoms with van der Waals surface area (Å²) in [5.41, 5.74) is 1.41. The average molecular weight is 311 g/mol. The molecule has 118 valence electrons. The normalized spacial score (nSPS) is 12.1. The summed E-state index contributed by atoms with van der Waals surface area (Å²) in [6, 6.07) is 6.93. The Labute approximate surface area is 132 Å². The lowest BCUT2D eigenvalue weighted by Crippen LogP contribution is -2.29. The Balaban J connectivity index is 1.72. The first kappa shape index (κ1) is 14.9. The summed E-state index contributed by atoms with van der Waals surface area (Å²) >= 11 is 0. The van der Waals surface area contributed by atoms with Crippen LogP contribution in [-0.4, -0.2) is 36.1 Å². The fourth-order valence-corrected chi connectivity index (χ4v) is 2.22. The second-order valence-electron chi connectivity index (χ2n) is 5.11. The molecule has 8 heteroatoms. The van der Waals surface area contributed by atoms with E-state index in [0.29, 0.717) is 17.8 Å². The van der Waals surface area contributed by atoms with Crippen LogP contribution in [0, 0.1) is 6.92 Å². The van der Waals surface area contributed by atoms with Crippen molar-refractivity contribution >= 4 is 5.91 Å². The molecule has 23 heavy (non-hydrogen) atoms. The Morgan fingerprint density at radius 2 is 2.13 bits per heavy atom. The van der Waals surface area contributed by atoms with E-state index in [4.69, 9.17) is 0 Å². The van der Waals surface area contributed by atoms with Gasteiger partial charge in [-0.2, -0.15) is 5.10 Å². The first-order chi connectivity index (χ1) is 11.2. The molecule has 0 bridgehead atoms. The maximum Gasteiger partial charge on any atom is 0.251 e. The fourth-order valence-electron chi connectivity index (χ4n) is 2.22. The molecule has 0 aliphatic carbocycles. The molecule has 1 aromatic carbocycles. The highest BCUT2D eigenvalue weighted by Gasteiger charge is 2.17. The van der Waals surface area contributed by atoms with Crippen LogP contribution in [0.5, 0.6) is 0 Å². The zero-order valence-electron chi connectivity index (χ0n) is 12.9. The molecule has 2 aromatic heterocycles. The van der Waals surface area contributed by atoms with Gasteiger partial charge in [-0.15, -0.1) is 5.10 Å². The Morgan fingerprint density at radius 1 is 1.35 bits per heavy atom. The van der Waals surface area contributed by atoms with E-state index in [0.717, 1.165) is 11.5 Å². The van der Waals surface area contributed by atoms with E-state index in [1.54, 1.807) is 29.2 Å². The standard InChI is InChI=1S/C15H17N7O/c1-3-13(14-17-10(2)19-20-14)18-15(23)11-4-6-12(7-5-11)22-9-8-16-21-22/h4-9,13H,3H2,1-2H3,(H,18,23)(H,17,19,20)/t13-/m1/s1. The molecule has 2 N–H and O–H groups in total. The second kappa shape index (κ2) is 6.39. The largest absolute Gasteiger partial charge is 0.342 e. The van der Waals surface area contributed by atoms with Gasteiger partial charge in [-0.05, 0) is 37.6 Å². The predicted octanol–water partition coefficient (Wildman–Crippen LogP) is 1.57. The Morgan fingerprint density at radius 3 is 2.70 bits per heavy atom. The van der Waals surface area contributed by atoms with Crippen molar-refractivity contribution in [2.24, 2.45) is 0 Å². The van der Waals surface area contributed by atoms with E-state index in [1.807, 2.05) is 26.0 Å². The lowest BCUT2D eigenvalue weighted by atomic mass is 10.1. The number of H-pyrrole nitrogens is 1. The molecule has 3 rings (SSSR count). The van der Waals surface area contributed by atoms with Crippen molar-refractivity contribution in [3.8, 4) is 5.69 Å². The van der Waals surface area contributed by atoms with Crippen LogP contribution in [-0.2, 0) is 0 Å². The number of hydrogen-bond donors (Lipinski definition) is 2. The number of rotatable bonds is 5. The summed E-state index contributed by atoms with van der Waals surface area (Å²) in [5, 5.41) is 17.5. The van der Waals surface area contributed by atoms with Gasteiger partial charge in [-0.3, -0.25) is 9.89 Å². The summed E-state index contributed by atoms with van der Waals surface area (Å²) in [6.45, 7) is 3.80. The van der Waals surface area contributed by atoms with Crippen LogP contribution in [0.15, 0.2) is 36.7 Å². The molecule has 0 aliphatic rings. The van der Waals surface area contributed by atoms with Crippen molar-refractivity contribution < 1.29 is 4.79 Å². The van der Waals surface area contributed by atoms with Gasteiger partial charge in [-0.1, -0.05) is 12.1 Å². The fraction of sp³-hybridized carbons (Fsp3) is 0.267. The van der Waals surface area contributed by atoms with Crippen molar-refractivity contribution in [1.29, 1.82) is 0 Å². The van der Waals surface area contributed by atoms with Crippen LogP contribution in [0.4, 0.5) is 0 Å². The number of aromatic amines is 1. The number of nitrogens with one attached hydrogen (secondary N) is 2. The maximum atomic E-state index is 12.4. The van der Waals surface area contributed by atoms with Crippen LogP contribution >= 0.6 is 0 Å². The number of aryl methyl sites for hydroxylation is 1. The van der Waals surface area contributed by atoms with Crippen molar-refractivity contribution in [2.45, 2.75) is 26.3 Å². The van der Waals surface area contributed by atoms with Crippen LogP contribution in [0.3, 0.4) is 0 Å². The molecule has 0 spiro atoms. The first-order valence-electron chi connectivity index (χ1n) is 7.34. The van der Waals surface area contributed by atoms with E-state index in [-0.39, 0.29) is 11.9 Å². The van der Waals surface area contributed by atoms with E-state index in [2.05, 4.69) is 30.8 Å². The van der Waals surface area contributed by atoms with E-state index in [1.165, 1.54) is 0 Å². The molecule has 1 atom stereocenters. The van der Waals surface area contributed by atoms with Crippen LogP contribution in [0.2, 0.25) is 0 Å². The Bertz CT molecular complexity index is 777. The monoisotopic (exact) mass is 311 g/mol. The zero-order valence-corrected chi connectivity index (χ0v) is 12.9. The second-order valence-corrected chi connectivity index (χ2v) is 5.11. The summed E-state index contributed by atoms with van der Waals surface area (Å²) in [5.74, 6) is 1.16. The van der Waals surface area contributed by atoms with Gasteiger partial charge in [0.1, 0.15) is 5.82 Å². The predicted molar refractivity (Wildman–Crippen MR) is 83.0 cm³/mol. The van der Waals surface area contributed by atoms with E-state index < -0.39 is 0 Å². The average Bonchev–Trinajstić information content (AvgIpc) is 3.24. The third-order valence-corrected chi connectivity index (χ3v) is 3.46. The van der Waals surface area contributed by atoms with Crippen LogP contribution in [0.25, 0.3) is 5.69 Å². The summed E-state index contributed by atoms with van der Waals surface area (Å²) in [6.07, 6.45) is 4.05.